The average Bonchev–Trinajstić information content (AvgIpc) is 2.66. The van der Waals surface area contributed by atoms with Gasteiger partial charge in [0.2, 0.25) is 0 Å². The Labute approximate surface area is 148 Å². The summed E-state index contributed by atoms with van der Waals surface area (Å²) >= 11 is 0. The molecule has 4 heteroatoms. The minimum atomic E-state index is -0.251. The van der Waals surface area contributed by atoms with Crippen LogP contribution in [0.3, 0.4) is 0 Å². The molecule has 0 radical (unpaired) electrons. The van der Waals surface area contributed by atoms with Crippen LogP contribution in [-0.2, 0) is 9.53 Å². The lowest BCUT2D eigenvalue weighted by atomic mass is 9.73. The number of carbonyl (C=O) groups is 1. The summed E-state index contributed by atoms with van der Waals surface area (Å²) in [6, 6.07) is 10.3. The Morgan fingerprint density at radius 1 is 1.40 bits per heavy atom. The topological polar surface area (TPSA) is 42.4 Å². The molecule has 0 aliphatic carbocycles. The highest BCUT2D eigenvalue weighted by Crippen LogP contribution is 2.43. The highest BCUT2D eigenvalue weighted by molar-refractivity contribution is 5.82. The molecule has 25 heavy (non-hydrogen) atoms. The molecule has 3 fully saturated rings. The van der Waals surface area contributed by atoms with E-state index in [9.17, 15) is 4.79 Å². The molecule has 0 spiro atoms. The molecule has 2 bridgehead atoms. The van der Waals surface area contributed by atoms with Crippen molar-refractivity contribution in [3.05, 3.63) is 54.7 Å². The third kappa shape index (κ3) is 2.95. The number of rotatable bonds is 4. The number of pyridine rings is 1. The molecule has 4 nitrogen and oxygen atoms in total. The largest absolute Gasteiger partial charge is 0.456 e. The van der Waals surface area contributed by atoms with Gasteiger partial charge in [0.15, 0.2) is 0 Å². The number of fused-ring (bicyclic) bond motifs is 4. The van der Waals surface area contributed by atoms with E-state index in [2.05, 4.69) is 28.6 Å². The normalized spacial score (nSPS) is 29.3. The SMILES string of the molecule is C=C[C@@H]1CN2CC[C@H]1C[C@H]2[C@H](OC(C)=O)c1ccnc2ccccc12. The Morgan fingerprint density at radius 2 is 2.24 bits per heavy atom. The van der Waals surface area contributed by atoms with Crippen molar-refractivity contribution in [1.29, 1.82) is 0 Å². The maximum Gasteiger partial charge on any atom is 0.303 e. The van der Waals surface area contributed by atoms with Crippen molar-refractivity contribution in [2.45, 2.75) is 31.9 Å². The van der Waals surface area contributed by atoms with Crippen LogP contribution in [0.25, 0.3) is 10.9 Å². The fourth-order valence-corrected chi connectivity index (χ4v) is 4.59. The molecule has 5 atom stereocenters. The van der Waals surface area contributed by atoms with Crippen molar-refractivity contribution in [2.75, 3.05) is 13.1 Å². The Morgan fingerprint density at radius 3 is 2.96 bits per heavy atom. The van der Waals surface area contributed by atoms with Crippen molar-refractivity contribution in [2.24, 2.45) is 11.8 Å². The van der Waals surface area contributed by atoms with Gasteiger partial charge in [-0.05, 0) is 43.4 Å². The van der Waals surface area contributed by atoms with Crippen molar-refractivity contribution in [3.63, 3.8) is 0 Å². The molecule has 130 valence electrons. The summed E-state index contributed by atoms with van der Waals surface area (Å²) in [7, 11) is 0. The van der Waals surface area contributed by atoms with Gasteiger partial charge in [-0.25, -0.2) is 0 Å². The van der Waals surface area contributed by atoms with Crippen LogP contribution in [0.15, 0.2) is 49.2 Å². The Bertz CT molecular complexity index is 798. The number of aromatic nitrogens is 1. The standard InChI is InChI=1S/C21H24N2O2/c1-3-15-13-23-11-9-16(15)12-20(23)21(25-14(2)24)18-8-10-22-19-7-5-4-6-17(18)19/h3-8,10,15-16,20-21H,1,9,11-13H2,2H3/t15-,16+,20+,21-/m1/s1. The molecular weight excluding hydrogens is 312 g/mol. The first-order valence-corrected chi connectivity index (χ1v) is 9.05. The van der Waals surface area contributed by atoms with Gasteiger partial charge in [0.25, 0.3) is 0 Å². The highest BCUT2D eigenvalue weighted by Gasteiger charge is 2.44. The van der Waals surface area contributed by atoms with E-state index >= 15 is 0 Å². The number of para-hydroxylation sites is 1. The van der Waals surface area contributed by atoms with Gasteiger partial charge in [0.1, 0.15) is 6.10 Å². The summed E-state index contributed by atoms with van der Waals surface area (Å²) in [5, 5.41) is 1.07. The minimum absolute atomic E-state index is 0.227. The first kappa shape index (κ1) is 16.3. The molecule has 0 amide bonds. The van der Waals surface area contributed by atoms with Crippen molar-refractivity contribution in [3.8, 4) is 0 Å². The van der Waals surface area contributed by atoms with Crippen LogP contribution in [-0.4, -0.2) is 35.0 Å². The van der Waals surface area contributed by atoms with Gasteiger partial charge in [-0.2, -0.15) is 0 Å². The van der Waals surface area contributed by atoms with Gasteiger partial charge in [-0.15, -0.1) is 6.58 Å². The second kappa shape index (κ2) is 6.60. The molecule has 3 aliphatic rings. The number of ether oxygens (including phenoxy) is 1. The molecule has 3 aliphatic heterocycles. The summed E-state index contributed by atoms with van der Waals surface area (Å²) in [4.78, 5) is 18.8. The number of hydrogen-bond donors (Lipinski definition) is 0. The molecule has 2 aromatic rings. The second-order valence-electron chi connectivity index (χ2n) is 7.19. The second-order valence-corrected chi connectivity index (χ2v) is 7.19. The van der Waals surface area contributed by atoms with E-state index < -0.39 is 0 Å². The lowest BCUT2D eigenvalue weighted by molar-refractivity contribution is -0.154. The van der Waals surface area contributed by atoms with Crippen LogP contribution in [0.1, 0.15) is 31.4 Å². The van der Waals surface area contributed by atoms with Crippen LogP contribution in [0.4, 0.5) is 0 Å². The van der Waals surface area contributed by atoms with Crippen LogP contribution >= 0.6 is 0 Å². The number of piperidine rings is 3. The summed E-state index contributed by atoms with van der Waals surface area (Å²) in [6.45, 7) is 7.58. The van der Waals surface area contributed by atoms with Crippen LogP contribution in [0.5, 0.6) is 0 Å². The Kier molecular flexibility index (Phi) is 4.30. The zero-order valence-electron chi connectivity index (χ0n) is 14.6. The highest BCUT2D eigenvalue weighted by atomic mass is 16.5. The molecule has 4 heterocycles. The third-order valence-corrected chi connectivity index (χ3v) is 5.79. The summed E-state index contributed by atoms with van der Waals surface area (Å²) < 4.78 is 5.87. The smallest absolute Gasteiger partial charge is 0.303 e. The molecule has 1 aromatic heterocycles. The van der Waals surface area contributed by atoms with Gasteiger partial charge in [0.05, 0.1) is 11.6 Å². The summed E-state index contributed by atoms with van der Waals surface area (Å²) in [6.07, 6.45) is 5.91. The van der Waals surface area contributed by atoms with Gasteiger partial charge in [0, 0.05) is 30.6 Å². The fourth-order valence-electron chi connectivity index (χ4n) is 4.59. The predicted octanol–water partition coefficient (Wildman–Crippen LogP) is 3.74. The third-order valence-electron chi connectivity index (χ3n) is 5.79. The molecule has 0 N–H and O–H groups in total. The van der Waals surface area contributed by atoms with Crippen LogP contribution < -0.4 is 0 Å². The summed E-state index contributed by atoms with van der Waals surface area (Å²) in [5.74, 6) is 0.963. The Balaban J connectivity index is 1.74. The molecule has 0 saturated carbocycles. The van der Waals surface area contributed by atoms with Gasteiger partial charge >= 0.3 is 5.97 Å². The van der Waals surface area contributed by atoms with Gasteiger partial charge < -0.3 is 4.74 Å². The van der Waals surface area contributed by atoms with E-state index in [4.69, 9.17) is 4.74 Å². The molecule has 3 saturated heterocycles. The molecular formula is C21H24N2O2. The quantitative estimate of drug-likeness (QED) is 0.630. The van der Waals surface area contributed by atoms with E-state index in [1.54, 1.807) is 0 Å². The summed E-state index contributed by atoms with van der Waals surface area (Å²) in [5.41, 5.74) is 2.01. The zero-order valence-corrected chi connectivity index (χ0v) is 14.6. The van der Waals surface area contributed by atoms with E-state index in [1.165, 1.54) is 13.3 Å². The molecule has 1 aromatic carbocycles. The van der Waals surface area contributed by atoms with E-state index in [0.717, 1.165) is 36.0 Å². The van der Waals surface area contributed by atoms with E-state index in [-0.39, 0.29) is 18.1 Å². The van der Waals surface area contributed by atoms with Crippen molar-refractivity contribution in [1.82, 2.24) is 9.88 Å². The van der Waals surface area contributed by atoms with Crippen molar-refractivity contribution >= 4 is 16.9 Å². The van der Waals surface area contributed by atoms with Crippen LogP contribution in [0, 0.1) is 11.8 Å². The number of carbonyl (C=O) groups excluding carboxylic acids is 1. The lowest BCUT2D eigenvalue weighted by Gasteiger charge is -2.51. The lowest BCUT2D eigenvalue weighted by Crippen LogP contribution is -2.55. The van der Waals surface area contributed by atoms with Crippen LogP contribution in [0.2, 0.25) is 0 Å². The molecule has 5 rings (SSSR count). The predicted molar refractivity (Wildman–Crippen MR) is 98.0 cm³/mol. The maximum absolute atomic E-state index is 11.9. The van der Waals surface area contributed by atoms with Gasteiger partial charge in [-0.1, -0.05) is 24.3 Å². The van der Waals surface area contributed by atoms with E-state index in [0.29, 0.717) is 11.8 Å². The maximum atomic E-state index is 11.9. The fraction of sp³-hybridized carbons (Fsp3) is 0.429. The number of hydrogen-bond acceptors (Lipinski definition) is 4. The minimum Gasteiger partial charge on any atom is -0.456 e. The van der Waals surface area contributed by atoms with E-state index in [1.807, 2.05) is 30.5 Å². The van der Waals surface area contributed by atoms with Gasteiger partial charge in [-0.3, -0.25) is 14.7 Å². The zero-order chi connectivity index (χ0) is 17.4. The molecule has 1 unspecified atom stereocenters. The first-order chi connectivity index (χ1) is 12.2. The Hall–Kier alpha value is -2.20. The first-order valence-electron chi connectivity index (χ1n) is 9.05. The monoisotopic (exact) mass is 336 g/mol. The van der Waals surface area contributed by atoms with Crippen molar-refractivity contribution < 1.29 is 9.53 Å². The average molecular weight is 336 g/mol. The number of nitrogens with zero attached hydrogens (tertiary/aromatic N) is 2. The number of esters is 1. The number of benzene rings is 1.